The van der Waals surface area contributed by atoms with Gasteiger partial charge in [-0.15, -0.1) is 0 Å². The number of hydrogen-bond acceptors (Lipinski definition) is 3. The Bertz CT molecular complexity index is 673. The van der Waals surface area contributed by atoms with Crippen molar-refractivity contribution in [2.45, 2.75) is 13.0 Å². The van der Waals surface area contributed by atoms with Crippen LogP contribution in [0.5, 0.6) is 11.5 Å². The van der Waals surface area contributed by atoms with Gasteiger partial charge in [-0.05, 0) is 30.7 Å². The van der Waals surface area contributed by atoms with E-state index in [1.165, 1.54) is 7.11 Å². The smallest absolute Gasteiger partial charge is 0.255 e. The van der Waals surface area contributed by atoms with Gasteiger partial charge in [0.25, 0.3) is 5.91 Å². The SMILES string of the molecule is COc1ccc(C(=O)NC(C)c2ccccc2Cl)c(OC)c1. The highest BCUT2D eigenvalue weighted by atomic mass is 35.5. The Kier molecular flexibility index (Phi) is 5.28. The van der Waals surface area contributed by atoms with Gasteiger partial charge in [0.1, 0.15) is 11.5 Å². The molecule has 2 aromatic rings. The van der Waals surface area contributed by atoms with E-state index in [1.807, 2.05) is 25.1 Å². The Morgan fingerprint density at radius 1 is 1.14 bits per heavy atom. The van der Waals surface area contributed by atoms with Crippen LogP contribution in [0.1, 0.15) is 28.9 Å². The molecule has 0 aliphatic heterocycles. The predicted octanol–water partition coefficient (Wildman–Crippen LogP) is 3.85. The second-order valence-corrected chi connectivity index (χ2v) is 5.19. The fourth-order valence-electron chi connectivity index (χ4n) is 2.16. The van der Waals surface area contributed by atoms with Crippen molar-refractivity contribution in [3.05, 3.63) is 58.6 Å². The Hall–Kier alpha value is -2.20. The van der Waals surface area contributed by atoms with Crippen LogP contribution in [0.4, 0.5) is 0 Å². The van der Waals surface area contributed by atoms with Crippen LogP contribution in [0.3, 0.4) is 0 Å². The van der Waals surface area contributed by atoms with Crippen molar-refractivity contribution in [3.8, 4) is 11.5 Å². The van der Waals surface area contributed by atoms with Crippen LogP contribution in [0.2, 0.25) is 5.02 Å². The van der Waals surface area contributed by atoms with E-state index >= 15 is 0 Å². The first kappa shape index (κ1) is 16.2. The van der Waals surface area contributed by atoms with E-state index in [0.717, 1.165) is 5.56 Å². The maximum Gasteiger partial charge on any atom is 0.255 e. The monoisotopic (exact) mass is 319 g/mol. The largest absolute Gasteiger partial charge is 0.497 e. The molecule has 1 amide bonds. The summed E-state index contributed by atoms with van der Waals surface area (Å²) in [7, 11) is 3.08. The van der Waals surface area contributed by atoms with E-state index < -0.39 is 0 Å². The number of rotatable bonds is 5. The number of benzene rings is 2. The van der Waals surface area contributed by atoms with Crippen LogP contribution in [-0.2, 0) is 0 Å². The number of amides is 1. The van der Waals surface area contributed by atoms with Crippen LogP contribution in [0, 0.1) is 0 Å². The molecule has 0 heterocycles. The molecule has 22 heavy (non-hydrogen) atoms. The molecule has 1 atom stereocenters. The lowest BCUT2D eigenvalue weighted by Gasteiger charge is -2.17. The molecule has 0 saturated heterocycles. The van der Waals surface area contributed by atoms with Crippen molar-refractivity contribution < 1.29 is 14.3 Å². The number of methoxy groups -OCH3 is 2. The lowest BCUT2D eigenvalue weighted by molar-refractivity contribution is 0.0937. The van der Waals surface area contributed by atoms with Gasteiger partial charge in [0.05, 0.1) is 25.8 Å². The standard InChI is InChI=1S/C17H18ClNO3/c1-11(13-6-4-5-7-15(13)18)19-17(20)14-9-8-12(21-2)10-16(14)22-3/h4-11H,1-3H3,(H,19,20). The lowest BCUT2D eigenvalue weighted by Crippen LogP contribution is -2.27. The van der Waals surface area contributed by atoms with E-state index in [4.69, 9.17) is 21.1 Å². The summed E-state index contributed by atoms with van der Waals surface area (Å²) in [5.74, 6) is 0.864. The van der Waals surface area contributed by atoms with Crippen molar-refractivity contribution in [1.29, 1.82) is 0 Å². The van der Waals surface area contributed by atoms with Crippen molar-refractivity contribution in [2.75, 3.05) is 14.2 Å². The average Bonchev–Trinajstić information content (AvgIpc) is 2.54. The summed E-state index contributed by atoms with van der Waals surface area (Å²) in [5.41, 5.74) is 1.31. The van der Waals surface area contributed by atoms with Gasteiger partial charge in [-0.3, -0.25) is 4.79 Å². The molecule has 1 unspecified atom stereocenters. The first-order valence-corrected chi connectivity index (χ1v) is 7.22. The zero-order chi connectivity index (χ0) is 16.1. The average molecular weight is 320 g/mol. The Balaban J connectivity index is 2.20. The van der Waals surface area contributed by atoms with Gasteiger partial charge in [0.2, 0.25) is 0 Å². The molecule has 0 fully saturated rings. The third kappa shape index (κ3) is 3.52. The summed E-state index contributed by atoms with van der Waals surface area (Å²) >= 11 is 6.15. The number of halogens is 1. The summed E-state index contributed by atoms with van der Waals surface area (Å²) in [6.45, 7) is 1.88. The number of nitrogens with one attached hydrogen (secondary N) is 1. The number of carbonyl (C=O) groups is 1. The van der Waals surface area contributed by atoms with E-state index in [9.17, 15) is 4.79 Å². The third-order valence-electron chi connectivity index (χ3n) is 3.37. The molecular weight excluding hydrogens is 302 g/mol. The summed E-state index contributed by atoms with van der Waals surface area (Å²) in [6.07, 6.45) is 0. The molecule has 0 radical (unpaired) electrons. The van der Waals surface area contributed by atoms with Gasteiger partial charge in [0, 0.05) is 11.1 Å². The highest BCUT2D eigenvalue weighted by Gasteiger charge is 2.17. The molecular formula is C17H18ClNO3. The summed E-state index contributed by atoms with van der Waals surface area (Å²) in [6, 6.07) is 12.3. The molecule has 2 rings (SSSR count). The fraction of sp³-hybridized carbons (Fsp3) is 0.235. The van der Waals surface area contributed by atoms with E-state index in [2.05, 4.69) is 5.32 Å². The van der Waals surface area contributed by atoms with E-state index in [-0.39, 0.29) is 11.9 Å². The van der Waals surface area contributed by atoms with Gasteiger partial charge in [-0.2, -0.15) is 0 Å². The van der Waals surface area contributed by atoms with E-state index in [0.29, 0.717) is 22.1 Å². The van der Waals surface area contributed by atoms with Crippen LogP contribution < -0.4 is 14.8 Å². The molecule has 1 N–H and O–H groups in total. The molecule has 116 valence electrons. The molecule has 2 aromatic carbocycles. The Morgan fingerprint density at radius 2 is 1.86 bits per heavy atom. The van der Waals surface area contributed by atoms with Gasteiger partial charge < -0.3 is 14.8 Å². The zero-order valence-corrected chi connectivity index (χ0v) is 13.5. The number of carbonyl (C=O) groups excluding carboxylic acids is 1. The third-order valence-corrected chi connectivity index (χ3v) is 3.72. The summed E-state index contributed by atoms with van der Waals surface area (Å²) < 4.78 is 10.4. The lowest BCUT2D eigenvalue weighted by atomic mass is 10.1. The number of hydrogen-bond donors (Lipinski definition) is 1. The summed E-state index contributed by atoms with van der Waals surface area (Å²) in [4.78, 5) is 12.4. The van der Waals surface area contributed by atoms with E-state index in [1.54, 1.807) is 31.4 Å². The molecule has 0 bridgehead atoms. The maximum absolute atomic E-state index is 12.4. The molecule has 0 aliphatic rings. The molecule has 0 aliphatic carbocycles. The zero-order valence-electron chi connectivity index (χ0n) is 12.7. The van der Waals surface area contributed by atoms with Crippen molar-refractivity contribution in [2.24, 2.45) is 0 Å². The highest BCUT2D eigenvalue weighted by Crippen LogP contribution is 2.26. The van der Waals surface area contributed by atoms with Crippen molar-refractivity contribution in [1.82, 2.24) is 5.32 Å². The minimum atomic E-state index is -0.230. The molecule has 0 spiro atoms. The second-order valence-electron chi connectivity index (χ2n) is 4.78. The van der Waals surface area contributed by atoms with Crippen LogP contribution in [-0.4, -0.2) is 20.1 Å². The quantitative estimate of drug-likeness (QED) is 0.910. The van der Waals surface area contributed by atoms with Crippen LogP contribution >= 0.6 is 11.6 Å². The Morgan fingerprint density at radius 3 is 2.50 bits per heavy atom. The molecule has 0 saturated carbocycles. The first-order valence-electron chi connectivity index (χ1n) is 6.84. The van der Waals surface area contributed by atoms with Crippen LogP contribution in [0.25, 0.3) is 0 Å². The van der Waals surface area contributed by atoms with Gasteiger partial charge in [-0.25, -0.2) is 0 Å². The van der Waals surface area contributed by atoms with Crippen molar-refractivity contribution in [3.63, 3.8) is 0 Å². The molecule has 5 heteroatoms. The molecule has 4 nitrogen and oxygen atoms in total. The minimum absolute atomic E-state index is 0.215. The normalized spacial score (nSPS) is 11.6. The number of ether oxygens (including phenoxy) is 2. The predicted molar refractivity (Wildman–Crippen MR) is 86.9 cm³/mol. The van der Waals surface area contributed by atoms with Crippen LogP contribution in [0.15, 0.2) is 42.5 Å². The fourth-order valence-corrected chi connectivity index (χ4v) is 2.46. The first-order chi connectivity index (χ1) is 10.6. The topological polar surface area (TPSA) is 47.6 Å². The second kappa shape index (κ2) is 7.18. The molecule has 0 aromatic heterocycles. The Labute approximate surface area is 135 Å². The van der Waals surface area contributed by atoms with Crippen molar-refractivity contribution >= 4 is 17.5 Å². The minimum Gasteiger partial charge on any atom is -0.497 e. The van der Waals surface area contributed by atoms with Gasteiger partial charge in [0.15, 0.2) is 0 Å². The van der Waals surface area contributed by atoms with Gasteiger partial charge >= 0.3 is 0 Å². The maximum atomic E-state index is 12.4. The van der Waals surface area contributed by atoms with Gasteiger partial charge in [-0.1, -0.05) is 29.8 Å². The summed E-state index contributed by atoms with van der Waals surface area (Å²) in [5, 5.41) is 3.54. The highest BCUT2D eigenvalue weighted by molar-refractivity contribution is 6.31.